The number of rotatable bonds is 1. The second-order valence-electron chi connectivity index (χ2n) is 2.68. The van der Waals surface area contributed by atoms with Crippen LogP contribution in [-0.2, 0) is 9.47 Å². The van der Waals surface area contributed by atoms with Crippen molar-refractivity contribution in [3.63, 3.8) is 0 Å². The molecule has 0 aromatic carbocycles. The molecule has 3 unspecified atom stereocenters. The normalized spacial score (nSPS) is 41.7. The van der Waals surface area contributed by atoms with Gasteiger partial charge >= 0.3 is 0 Å². The molecule has 0 amide bonds. The van der Waals surface area contributed by atoms with Crippen LogP contribution in [0.3, 0.4) is 0 Å². The summed E-state index contributed by atoms with van der Waals surface area (Å²) in [5, 5.41) is 0. The van der Waals surface area contributed by atoms with Gasteiger partial charge in [-0.05, 0) is 13.8 Å². The van der Waals surface area contributed by atoms with Crippen molar-refractivity contribution in [3.05, 3.63) is 0 Å². The summed E-state index contributed by atoms with van der Waals surface area (Å²) in [6.45, 7) is 3.82. The maximum absolute atomic E-state index is 12.1. The highest BCUT2D eigenvalue weighted by Gasteiger charge is 2.26. The SMILES string of the molecule is CC1COC(CF)C(C)O1. The fourth-order valence-corrected chi connectivity index (χ4v) is 1.06. The number of hydrogen-bond donors (Lipinski definition) is 0. The molecule has 1 aliphatic rings. The lowest BCUT2D eigenvalue weighted by Crippen LogP contribution is -2.41. The lowest BCUT2D eigenvalue weighted by atomic mass is 10.2. The van der Waals surface area contributed by atoms with E-state index in [1.165, 1.54) is 0 Å². The van der Waals surface area contributed by atoms with E-state index in [0.717, 1.165) is 0 Å². The van der Waals surface area contributed by atoms with Gasteiger partial charge in [0.2, 0.25) is 0 Å². The van der Waals surface area contributed by atoms with Crippen molar-refractivity contribution in [1.82, 2.24) is 0 Å². The Kier molecular flexibility index (Phi) is 2.63. The molecule has 0 bridgehead atoms. The van der Waals surface area contributed by atoms with Gasteiger partial charge in [-0.15, -0.1) is 0 Å². The number of hydrogen-bond acceptors (Lipinski definition) is 2. The van der Waals surface area contributed by atoms with E-state index in [0.29, 0.717) is 6.61 Å². The monoisotopic (exact) mass is 148 g/mol. The maximum Gasteiger partial charge on any atom is 0.118 e. The number of alkyl halides is 1. The molecule has 60 valence electrons. The van der Waals surface area contributed by atoms with E-state index in [-0.39, 0.29) is 18.3 Å². The fraction of sp³-hybridized carbons (Fsp3) is 1.00. The Morgan fingerprint density at radius 2 is 2.20 bits per heavy atom. The lowest BCUT2D eigenvalue weighted by Gasteiger charge is -2.31. The van der Waals surface area contributed by atoms with Gasteiger partial charge in [0.1, 0.15) is 12.8 Å². The maximum atomic E-state index is 12.1. The second kappa shape index (κ2) is 3.30. The third-order valence-corrected chi connectivity index (χ3v) is 1.67. The standard InChI is InChI=1S/C7H13FO2/c1-5-4-9-7(3-8)6(2)10-5/h5-7H,3-4H2,1-2H3. The Morgan fingerprint density at radius 1 is 1.50 bits per heavy atom. The molecule has 1 fully saturated rings. The van der Waals surface area contributed by atoms with Crippen LogP contribution in [0.5, 0.6) is 0 Å². The average molecular weight is 148 g/mol. The minimum absolute atomic E-state index is 0.103. The molecule has 0 aromatic heterocycles. The van der Waals surface area contributed by atoms with Crippen molar-refractivity contribution >= 4 is 0 Å². The van der Waals surface area contributed by atoms with E-state index >= 15 is 0 Å². The van der Waals surface area contributed by atoms with E-state index in [1.54, 1.807) is 0 Å². The molecule has 0 aliphatic carbocycles. The minimum Gasteiger partial charge on any atom is -0.370 e. The largest absolute Gasteiger partial charge is 0.370 e. The first-order chi connectivity index (χ1) is 4.74. The molecule has 0 radical (unpaired) electrons. The Morgan fingerprint density at radius 3 is 2.70 bits per heavy atom. The van der Waals surface area contributed by atoms with Gasteiger partial charge in [-0.25, -0.2) is 4.39 Å². The van der Waals surface area contributed by atoms with Gasteiger partial charge in [-0.1, -0.05) is 0 Å². The van der Waals surface area contributed by atoms with E-state index in [2.05, 4.69) is 0 Å². The fourth-order valence-electron chi connectivity index (χ4n) is 1.06. The molecule has 3 atom stereocenters. The van der Waals surface area contributed by atoms with Gasteiger partial charge in [0, 0.05) is 0 Å². The zero-order chi connectivity index (χ0) is 7.56. The first-order valence-electron chi connectivity index (χ1n) is 3.57. The highest BCUT2D eigenvalue weighted by atomic mass is 19.1. The summed E-state index contributed by atoms with van der Waals surface area (Å²) in [5.41, 5.74) is 0. The second-order valence-corrected chi connectivity index (χ2v) is 2.68. The van der Waals surface area contributed by atoms with Crippen molar-refractivity contribution < 1.29 is 13.9 Å². The van der Waals surface area contributed by atoms with Gasteiger partial charge in [0.05, 0.1) is 18.8 Å². The summed E-state index contributed by atoms with van der Waals surface area (Å²) in [6, 6.07) is 0. The zero-order valence-corrected chi connectivity index (χ0v) is 6.34. The van der Waals surface area contributed by atoms with Gasteiger partial charge in [-0.3, -0.25) is 0 Å². The smallest absolute Gasteiger partial charge is 0.118 e. The summed E-state index contributed by atoms with van der Waals surface area (Å²) >= 11 is 0. The summed E-state index contributed by atoms with van der Waals surface area (Å²) in [5.74, 6) is 0. The van der Waals surface area contributed by atoms with Crippen molar-refractivity contribution in [2.24, 2.45) is 0 Å². The average Bonchev–Trinajstić information content (AvgIpc) is 1.88. The quantitative estimate of drug-likeness (QED) is 0.555. The van der Waals surface area contributed by atoms with E-state index in [9.17, 15) is 4.39 Å². The van der Waals surface area contributed by atoms with Crippen LogP contribution in [0.4, 0.5) is 4.39 Å². The van der Waals surface area contributed by atoms with Gasteiger partial charge in [-0.2, -0.15) is 0 Å². The Hall–Kier alpha value is -0.150. The van der Waals surface area contributed by atoms with Crippen LogP contribution in [0.25, 0.3) is 0 Å². The molecule has 0 aromatic rings. The first kappa shape index (κ1) is 7.95. The molecule has 1 heterocycles. The first-order valence-corrected chi connectivity index (χ1v) is 3.57. The van der Waals surface area contributed by atoms with Gasteiger partial charge in [0.25, 0.3) is 0 Å². The van der Waals surface area contributed by atoms with Crippen LogP contribution < -0.4 is 0 Å². The molecule has 0 spiro atoms. The summed E-state index contributed by atoms with van der Waals surface area (Å²) < 4.78 is 22.5. The molecule has 0 N–H and O–H groups in total. The van der Waals surface area contributed by atoms with E-state index < -0.39 is 6.67 Å². The Balaban J connectivity index is 2.36. The zero-order valence-electron chi connectivity index (χ0n) is 6.34. The highest BCUT2D eigenvalue weighted by Crippen LogP contribution is 2.14. The predicted molar refractivity (Wildman–Crippen MR) is 35.7 cm³/mol. The Labute approximate surface area is 60.3 Å². The molecule has 0 saturated carbocycles. The van der Waals surface area contributed by atoms with Crippen LogP contribution >= 0.6 is 0 Å². The minimum atomic E-state index is -0.451. The van der Waals surface area contributed by atoms with Crippen LogP contribution in [0.2, 0.25) is 0 Å². The predicted octanol–water partition coefficient (Wildman–Crippen LogP) is 1.15. The molecule has 2 nitrogen and oxygen atoms in total. The van der Waals surface area contributed by atoms with Crippen LogP contribution in [0.1, 0.15) is 13.8 Å². The van der Waals surface area contributed by atoms with E-state index in [4.69, 9.17) is 9.47 Å². The third-order valence-electron chi connectivity index (χ3n) is 1.67. The highest BCUT2D eigenvalue weighted by molar-refractivity contribution is 4.71. The molecule has 1 saturated heterocycles. The number of halogens is 1. The molecule has 1 aliphatic heterocycles. The molecular formula is C7H13FO2. The topological polar surface area (TPSA) is 18.5 Å². The number of ether oxygens (including phenoxy) is 2. The summed E-state index contributed by atoms with van der Waals surface area (Å²) in [7, 11) is 0. The van der Waals surface area contributed by atoms with Crippen molar-refractivity contribution in [2.45, 2.75) is 32.2 Å². The van der Waals surface area contributed by atoms with Crippen molar-refractivity contribution in [2.75, 3.05) is 13.3 Å². The lowest BCUT2D eigenvalue weighted by molar-refractivity contribution is -0.171. The summed E-state index contributed by atoms with van der Waals surface area (Å²) in [4.78, 5) is 0. The van der Waals surface area contributed by atoms with Gasteiger partial charge < -0.3 is 9.47 Å². The van der Waals surface area contributed by atoms with Crippen LogP contribution in [0, 0.1) is 0 Å². The third kappa shape index (κ3) is 1.67. The van der Waals surface area contributed by atoms with Crippen molar-refractivity contribution in [1.29, 1.82) is 0 Å². The van der Waals surface area contributed by atoms with Crippen LogP contribution in [-0.4, -0.2) is 31.6 Å². The summed E-state index contributed by atoms with van der Waals surface area (Å²) in [6.07, 6.45) is -0.345. The van der Waals surface area contributed by atoms with Crippen molar-refractivity contribution in [3.8, 4) is 0 Å². The van der Waals surface area contributed by atoms with Gasteiger partial charge in [0.15, 0.2) is 0 Å². The van der Waals surface area contributed by atoms with E-state index in [1.807, 2.05) is 13.8 Å². The van der Waals surface area contributed by atoms with Crippen LogP contribution in [0.15, 0.2) is 0 Å². The molecule has 1 rings (SSSR count). The molecule has 10 heavy (non-hydrogen) atoms. The molecular weight excluding hydrogens is 135 g/mol. The Bertz CT molecular complexity index is 108. The molecule has 3 heteroatoms.